The van der Waals surface area contributed by atoms with Gasteiger partial charge in [-0.15, -0.1) is 11.8 Å². The monoisotopic (exact) mass is 378 g/mol. The van der Waals surface area contributed by atoms with Crippen LogP contribution in [0.1, 0.15) is 17.3 Å². The molecule has 0 aromatic heterocycles. The SMILES string of the molecule is CSc1ccccc1C(=O)O[C@@H](C)C(=O)Nc1ccc(F)c([N+](=O)[O-])c1. The highest BCUT2D eigenvalue weighted by atomic mass is 32.2. The number of nitrogens with one attached hydrogen (secondary N) is 1. The van der Waals surface area contributed by atoms with Crippen molar-refractivity contribution < 1.29 is 23.6 Å². The summed E-state index contributed by atoms with van der Waals surface area (Å²) in [4.78, 5) is 34.9. The maximum absolute atomic E-state index is 13.3. The van der Waals surface area contributed by atoms with Crippen molar-refractivity contribution in [2.45, 2.75) is 17.9 Å². The van der Waals surface area contributed by atoms with Crippen molar-refractivity contribution in [3.63, 3.8) is 0 Å². The average molecular weight is 378 g/mol. The lowest BCUT2D eigenvalue weighted by molar-refractivity contribution is -0.387. The number of halogens is 1. The van der Waals surface area contributed by atoms with Crippen LogP contribution in [0.2, 0.25) is 0 Å². The van der Waals surface area contributed by atoms with Crippen molar-refractivity contribution in [3.8, 4) is 0 Å². The van der Waals surface area contributed by atoms with Gasteiger partial charge in [0.25, 0.3) is 5.91 Å². The molecule has 7 nitrogen and oxygen atoms in total. The lowest BCUT2D eigenvalue weighted by atomic mass is 10.2. The number of nitro benzene ring substituents is 1. The number of nitro groups is 1. The molecular formula is C17H15FN2O5S. The number of nitrogens with zero attached hydrogens (tertiary/aromatic N) is 1. The van der Waals surface area contributed by atoms with Gasteiger partial charge in [-0.2, -0.15) is 4.39 Å². The Kier molecular flexibility index (Phi) is 6.29. The third-order valence-electron chi connectivity index (χ3n) is 3.39. The molecule has 1 N–H and O–H groups in total. The molecular weight excluding hydrogens is 363 g/mol. The molecule has 1 amide bonds. The Morgan fingerprint density at radius 1 is 1.27 bits per heavy atom. The van der Waals surface area contributed by atoms with Crippen molar-refractivity contribution in [1.82, 2.24) is 0 Å². The molecule has 136 valence electrons. The van der Waals surface area contributed by atoms with Gasteiger partial charge in [-0.25, -0.2) is 4.79 Å². The Bertz CT molecular complexity index is 859. The van der Waals surface area contributed by atoms with Crippen molar-refractivity contribution in [2.75, 3.05) is 11.6 Å². The van der Waals surface area contributed by atoms with E-state index in [2.05, 4.69) is 5.32 Å². The lowest BCUT2D eigenvalue weighted by Crippen LogP contribution is -2.30. The summed E-state index contributed by atoms with van der Waals surface area (Å²) in [5.41, 5.74) is -0.408. The largest absolute Gasteiger partial charge is 0.449 e. The highest BCUT2D eigenvalue weighted by Gasteiger charge is 2.22. The second-order valence-electron chi connectivity index (χ2n) is 5.16. The molecule has 0 aliphatic rings. The van der Waals surface area contributed by atoms with E-state index in [0.717, 1.165) is 12.1 Å². The summed E-state index contributed by atoms with van der Waals surface area (Å²) in [6.45, 7) is 1.37. The lowest BCUT2D eigenvalue weighted by Gasteiger charge is -2.14. The molecule has 2 rings (SSSR count). The second kappa shape index (κ2) is 8.43. The molecule has 26 heavy (non-hydrogen) atoms. The minimum absolute atomic E-state index is 0.0236. The molecule has 0 aliphatic heterocycles. The number of hydrogen-bond donors (Lipinski definition) is 1. The van der Waals surface area contributed by atoms with Gasteiger partial charge < -0.3 is 10.1 Å². The fraction of sp³-hybridized carbons (Fsp3) is 0.176. The fourth-order valence-corrected chi connectivity index (χ4v) is 2.65. The van der Waals surface area contributed by atoms with E-state index in [1.165, 1.54) is 24.8 Å². The Balaban J connectivity index is 2.07. The van der Waals surface area contributed by atoms with Gasteiger partial charge in [0, 0.05) is 16.6 Å². The number of anilines is 1. The van der Waals surface area contributed by atoms with Crippen LogP contribution >= 0.6 is 11.8 Å². The van der Waals surface area contributed by atoms with E-state index in [9.17, 15) is 24.1 Å². The first kappa shape index (κ1) is 19.4. The van der Waals surface area contributed by atoms with E-state index in [0.29, 0.717) is 10.5 Å². The minimum atomic E-state index is -1.15. The zero-order chi connectivity index (χ0) is 19.3. The molecule has 0 bridgehead atoms. The minimum Gasteiger partial charge on any atom is -0.449 e. The van der Waals surface area contributed by atoms with Crippen LogP contribution in [-0.2, 0) is 9.53 Å². The molecule has 0 spiro atoms. The molecule has 0 radical (unpaired) electrons. The normalized spacial score (nSPS) is 11.5. The van der Waals surface area contributed by atoms with Crippen LogP contribution in [0.4, 0.5) is 15.8 Å². The van der Waals surface area contributed by atoms with E-state index in [-0.39, 0.29) is 5.69 Å². The first-order valence-corrected chi connectivity index (χ1v) is 8.64. The Hall–Kier alpha value is -2.94. The highest BCUT2D eigenvalue weighted by molar-refractivity contribution is 7.98. The highest BCUT2D eigenvalue weighted by Crippen LogP contribution is 2.23. The van der Waals surface area contributed by atoms with Gasteiger partial charge in [0.05, 0.1) is 10.5 Å². The fourth-order valence-electron chi connectivity index (χ4n) is 2.07. The van der Waals surface area contributed by atoms with Crippen LogP contribution in [0.5, 0.6) is 0 Å². The summed E-state index contributed by atoms with van der Waals surface area (Å²) >= 11 is 1.37. The van der Waals surface area contributed by atoms with Crippen LogP contribution in [0.3, 0.4) is 0 Å². The van der Waals surface area contributed by atoms with Crippen molar-refractivity contribution in [1.29, 1.82) is 0 Å². The third kappa shape index (κ3) is 4.57. The molecule has 1 atom stereocenters. The van der Waals surface area contributed by atoms with Gasteiger partial charge in [-0.3, -0.25) is 14.9 Å². The molecule has 2 aromatic carbocycles. The molecule has 0 aliphatic carbocycles. The number of carbonyl (C=O) groups is 2. The van der Waals surface area contributed by atoms with Gasteiger partial charge in [0.15, 0.2) is 6.10 Å². The molecule has 0 heterocycles. The average Bonchev–Trinajstić information content (AvgIpc) is 2.62. The summed E-state index contributed by atoms with van der Waals surface area (Å²) in [5.74, 6) is -2.37. The van der Waals surface area contributed by atoms with Gasteiger partial charge in [0.1, 0.15) is 0 Å². The maximum atomic E-state index is 13.3. The number of ether oxygens (including phenoxy) is 1. The summed E-state index contributed by atoms with van der Waals surface area (Å²) < 4.78 is 18.5. The number of hydrogen-bond acceptors (Lipinski definition) is 6. The van der Waals surface area contributed by atoms with Gasteiger partial charge in [-0.1, -0.05) is 12.1 Å². The number of carbonyl (C=O) groups excluding carboxylic acids is 2. The Morgan fingerprint density at radius 3 is 2.62 bits per heavy atom. The Morgan fingerprint density at radius 2 is 1.96 bits per heavy atom. The number of esters is 1. The van der Waals surface area contributed by atoms with Crippen LogP contribution in [0.25, 0.3) is 0 Å². The first-order chi connectivity index (χ1) is 12.3. The van der Waals surface area contributed by atoms with Crippen LogP contribution in [0, 0.1) is 15.9 Å². The quantitative estimate of drug-likeness (QED) is 0.357. The molecule has 0 saturated heterocycles. The first-order valence-electron chi connectivity index (χ1n) is 7.42. The van der Waals surface area contributed by atoms with Crippen molar-refractivity contribution in [2.24, 2.45) is 0 Å². The summed E-state index contributed by atoms with van der Waals surface area (Å²) in [5, 5.41) is 13.1. The number of benzene rings is 2. The number of amides is 1. The molecule has 0 fully saturated rings. The topological polar surface area (TPSA) is 98.5 Å². The predicted molar refractivity (Wildman–Crippen MR) is 94.8 cm³/mol. The van der Waals surface area contributed by atoms with Crippen molar-refractivity contribution in [3.05, 3.63) is 64.0 Å². The molecule has 0 unspecified atom stereocenters. The van der Waals surface area contributed by atoms with E-state index in [1.807, 2.05) is 6.26 Å². The van der Waals surface area contributed by atoms with Crippen LogP contribution in [0.15, 0.2) is 47.4 Å². The molecule has 9 heteroatoms. The smallest absolute Gasteiger partial charge is 0.340 e. The van der Waals surface area contributed by atoms with E-state index >= 15 is 0 Å². The number of thioether (sulfide) groups is 1. The van der Waals surface area contributed by atoms with Crippen LogP contribution in [-0.4, -0.2) is 29.2 Å². The number of rotatable bonds is 6. The predicted octanol–water partition coefficient (Wildman–Crippen LogP) is 3.64. The molecule has 0 saturated carbocycles. The standard InChI is InChI=1S/C17H15FN2O5S/c1-10(25-17(22)12-5-3-4-6-15(12)26-2)16(21)19-11-7-8-13(18)14(9-11)20(23)24/h3-10H,1-2H3,(H,19,21)/t10-/m0/s1. The van der Waals surface area contributed by atoms with E-state index in [1.54, 1.807) is 24.3 Å². The second-order valence-corrected chi connectivity index (χ2v) is 6.01. The van der Waals surface area contributed by atoms with Gasteiger partial charge >= 0.3 is 11.7 Å². The zero-order valence-corrected chi connectivity index (χ0v) is 14.7. The maximum Gasteiger partial charge on any atom is 0.340 e. The van der Waals surface area contributed by atoms with E-state index in [4.69, 9.17) is 4.74 Å². The Labute approximate surface area is 152 Å². The molecule has 2 aromatic rings. The van der Waals surface area contributed by atoms with E-state index < -0.39 is 34.4 Å². The summed E-state index contributed by atoms with van der Waals surface area (Å²) in [6, 6.07) is 9.74. The third-order valence-corrected chi connectivity index (χ3v) is 4.19. The zero-order valence-electron chi connectivity index (χ0n) is 13.9. The van der Waals surface area contributed by atoms with Crippen LogP contribution < -0.4 is 5.32 Å². The summed E-state index contributed by atoms with van der Waals surface area (Å²) in [7, 11) is 0. The van der Waals surface area contributed by atoms with Gasteiger partial charge in [0.2, 0.25) is 5.82 Å². The van der Waals surface area contributed by atoms with Crippen molar-refractivity contribution >= 4 is 35.0 Å². The van der Waals surface area contributed by atoms with Gasteiger partial charge in [-0.05, 0) is 37.4 Å². The summed E-state index contributed by atoms with van der Waals surface area (Å²) in [6.07, 6.45) is 0.658.